The van der Waals surface area contributed by atoms with Crippen molar-refractivity contribution < 1.29 is 22.3 Å². The van der Waals surface area contributed by atoms with Crippen LogP contribution in [0.1, 0.15) is 50.6 Å². The van der Waals surface area contributed by atoms with Gasteiger partial charge >= 0.3 is 0 Å². The van der Waals surface area contributed by atoms with Gasteiger partial charge < -0.3 is 5.11 Å². The smallest absolute Gasteiger partial charge is 0.258 e. The number of nitrogens with zero attached hydrogens (tertiary/aromatic N) is 3. The lowest BCUT2D eigenvalue weighted by Gasteiger charge is -2.40. The zero-order valence-electron chi connectivity index (χ0n) is 19.3. The molecule has 7 nitrogen and oxygen atoms in total. The van der Waals surface area contributed by atoms with Gasteiger partial charge in [0, 0.05) is 6.54 Å². The Balaban J connectivity index is 1.88. The minimum atomic E-state index is -3.92. The molecule has 2 N–H and O–H groups in total. The lowest BCUT2D eigenvalue weighted by atomic mass is 9.63. The summed E-state index contributed by atoms with van der Waals surface area (Å²) < 4.78 is 56.3. The SMILES string of the molecule is C[C@H]1c2cc(-c3c(F)cccc3F)nnc2[C@](C)(c2cccc(S(=O)(=O)NCCO)n2)C1(C)C. The van der Waals surface area contributed by atoms with Crippen LogP contribution in [0.5, 0.6) is 0 Å². The average molecular weight is 489 g/mol. The van der Waals surface area contributed by atoms with E-state index >= 15 is 0 Å². The van der Waals surface area contributed by atoms with Crippen molar-refractivity contribution in [3.05, 3.63) is 71.1 Å². The second kappa shape index (κ2) is 8.44. The monoisotopic (exact) mass is 488 g/mol. The molecule has 0 bridgehead atoms. The zero-order valence-corrected chi connectivity index (χ0v) is 20.1. The van der Waals surface area contributed by atoms with E-state index in [1.165, 1.54) is 24.3 Å². The fraction of sp³-hybridized carbons (Fsp3) is 0.375. The molecule has 10 heteroatoms. The van der Waals surface area contributed by atoms with Gasteiger partial charge in [0.25, 0.3) is 10.0 Å². The first-order valence-electron chi connectivity index (χ1n) is 10.9. The minimum absolute atomic E-state index is 0.0961. The number of fused-ring (bicyclic) bond motifs is 1. The standard InChI is InChI=1S/C24H26F2N4O3S/c1-14-15-13-18(21-16(25)7-5-8-17(21)26)29-30-22(15)24(4,23(14,2)3)19-9-6-10-20(28-19)34(32,33)27-11-12-31/h5-10,13-14,27,31H,11-12H2,1-4H3/t14-,24-/m0/s1. The summed E-state index contributed by atoms with van der Waals surface area (Å²) in [7, 11) is -3.92. The van der Waals surface area contributed by atoms with Crippen LogP contribution in [0, 0.1) is 17.0 Å². The number of benzene rings is 1. The van der Waals surface area contributed by atoms with Crippen LogP contribution < -0.4 is 4.72 Å². The van der Waals surface area contributed by atoms with Gasteiger partial charge in [-0.2, -0.15) is 5.10 Å². The quantitative estimate of drug-likeness (QED) is 0.550. The first-order valence-corrected chi connectivity index (χ1v) is 12.3. The van der Waals surface area contributed by atoms with E-state index in [4.69, 9.17) is 5.11 Å². The number of aliphatic hydroxyl groups excluding tert-OH is 1. The number of pyridine rings is 1. The van der Waals surface area contributed by atoms with Crippen LogP contribution in [0.15, 0.2) is 47.5 Å². The molecular formula is C24H26F2N4O3S. The number of aromatic nitrogens is 3. The van der Waals surface area contributed by atoms with Gasteiger partial charge in [-0.15, -0.1) is 5.10 Å². The molecule has 34 heavy (non-hydrogen) atoms. The molecule has 0 aliphatic heterocycles. The fourth-order valence-electron chi connectivity index (χ4n) is 4.66. The Labute approximate surface area is 197 Å². The Morgan fingerprint density at radius 1 is 1.06 bits per heavy atom. The molecule has 0 unspecified atom stereocenters. The van der Waals surface area contributed by atoms with Crippen LogP contribution >= 0.6 is 0 Å². The molecule has 0 saturated carbocycles. The Kier molecular flexibility index (Phi) is 6.03. The first kappa shape index (κ1) is 24.3. The number of hydrogen-bond donors (Lipinski definition) is 2. The van der Waals surface area contributed by atoms with Gasteiger partial charge in [0.2, 0.25) is 0 Å². The highest BCUT2D eigenvalue weighted by Gasteiger charge is 2.57. The second-order valence-electron chi connectivity index (χ2n) is 9.18. The minimum Gasteiger partial charge on any atom is -0.395 e. The summed E-state index contributed by atoms with van der Waals surface area (Å²) in [5.74, 6) is -1.56. The maximum Gasteiger partial charge on any atom is 0.258 e. The van der Waals surface area contributed by atoms with Crippen LogP contribution in [-0.2, 0) is 15.4 Å². The van der Waals surface area contributed by atoms with Crippen molar-refractivity contribution in [2.75, 3.05) is 13.2 Å². The molecule has 0 spiro atoms. The maximum atomic E-state index is 14.4. The summed E-state index contributed by atoms with van der Waals surface area (Å²) in [4.78, 5) is 4.47. The zero-order chi connectivity index (χ0) is 24.9. The summed E-state index contributed by atoms with van der Waals surface area (Å²) in [5.41, 5.74) is 0.350. The molecule has 4 rings (SSSR count). The normalized spacial score (nSPS) is 21.4. The van der Waals surface area contributed by atoms with Gasteiger partial charge in [0.1, 0.15) is 11.6 Å². The molecular weight excluding hydrogens is 462 g/mol. The van der Waals surface area contributed by atoms with E-state index < -0.39 is 32.5 Å². The number of sulfonamides is 1. The van der Waals surface area contributed by atoms with Gasteiger partial charge in [-0.1, -0.05) is 32.9 Å². The second-order valence-corrected chi connectivity index (χ2v) is 10.9. The van der Waals surface area contributed by atoms with E-state index in [1.807, 2.05) is 27.7 Å². The molecule has 3 aromatic rings. The summed E-state index contributed by atoms with van der Waals surface area (Å²) >= 11 is 0. The van der Waals surface area contributed by atoms with Gasteiger partial charge in [-0.3, -0.25) is 0 Å². The predicted octanol–water partition coefficient (Wildman–Crippen LogP) is 3.54. The van der Waals surface area contributed by atoms with Crippen molar-refractivity contribution in [3.8, 4) is 11.3 Å². The molecule has 0 fully saturated rings. The molecule has 1 aliphatic rings. The summed E-state index contributed by atoms with van der Waals surface area (Å²) in [5, 5.41) is 17.4. The highest BCUT2D eigenvalue weighted by Crippen LogP contribution is 2.60. The Hall–Kier alpha value is -2.82. The largest absolute Gasteiger partial charge is 0.395 e. The van der Waals surface area contributed by atoms with Crippen molar-refractivity contribution in [1.29, 1.82) is 0 Å². The van der Waals surface area contributed by atoms with E-state index in [0.717, 1.165) is 5.56 Å². The number of rotatable bonds is 6. The van der Waals surface area contributed by atoms with Crippen molar-refractivity contribution in [2.24, 2.45) is 5.41 Å². The molecule has 180 valence electrons. The maximum absolute atomic E-state index is 14.4. The van der Waals surface area contributed by atoms with Crippen LogP contribution in [-0.4, -0.2) is 41.9 Å². The average Bonchev–Trinajstić information content (AvgIpc) is 2.96. The van der Waals surface area contributed by atoms with Gasteiger partial charge in [-0.05, 0) is 54.2 Å². The Morgan fingerprint density at radius 3 is 2.35 bits per heavy atom. The molecule has 0 radical (unpaired) electrons. The lowest BCUT2D eigenvalue weighted by molar-refractivity contribution is 0.201. The molecule has 2 atom stereocenters. The third-order valence-electron chi connectivity index (χ3n) is 7.27. The van der Waals surface area contributed by atoms with Gasteiger partial charge in [0.15, 0.2) is 5.03 Å². The van der Waals surface area contributed by atoms with Gasteiger partial charge in [-0.25, -0.2) is 26.9 Å². The lowest BCUT2D eigenvalue weighted by Crippen LogP contribution is -2.40. The number of hydrogen-bond acceptors (Lipinski definition) is 6. The molecule has 1 aliphatic carbocycles. The van der Waals surface area contributed by atoms with Crippen LogP contribution in [0.25, 0.3) is 11.3 Å². The Morgan fingerprint density at radius 2 is 1.71 bits per heavy atom. The topological polar surface area (TPSA) is 105 Å². The Bertz CT molecular complexity index is 1340. The molecule has 0 saturated heterocycles. The first-order chi connectivity index (χ1) is 15.9. The molecule has 2 heterocycles. The van der Waals surface area contributed by atoms with E-state index in [2.05, 4.69) is 19.9 Å². The molecule has 1 aromatic carbocycles. The van der Waals surface area contributed by atoms with E-state index in [9.17, 15) is 17.2 Å². The fourth-order valence-corrected chi connectivity index (χ4v) is 5.65. The van der Waals surface area contributed by atoms with Crippen LogP contribution in [0.4, 0.5) is 8.78 Å². The number of nitrogens with one attached hydrogen (secondary N) is 1. The van der Waals surface area contributed by atoms with Crippen molar-refractivity contribution in [2.45, 2.75) is 44.1 Å². The molecule has 2 aromatic heterocycles. The summed E-state index contributed by atoms with van der Waals surface area (Å²) in [6.07, 6.45) is 0. The van der Waals surface area contributed by atoms with Crippen molar-refractivity contribution >= 4 is 10.0 Å². The summed E-state index contributed by atoms with van der Waals surface area (Å²) in [6.45, 7) is 7.50. The molecule has 0 amide bonds. The van der Waals surface area contributed by atoms with E-state index in [-0.39, 0.29) is 35.4 Å². The van der Waals surface area contributed by atoms with Crippen molar-refractivity contribution in [1.82, 2.24) is 19.9 Å². The predicted molar refractivity (Wildman–Crippen MR) is 123 cm³/mol. The number of halogens is 2. The highest BCUT2D eigenvalue weighted by atomic mass is 32.2. The van der Waals surface area contributed by atoms with Crippen LogP contribution in [0.2, 0.25) is 0 Å². The van der Waals surface area contributed by atoms with Gasteiger partial charge in [0.05, 0.1) is 34.7 Å². The third kappa shape index (κ3) is 3.60. The van der Waals surface area contributed by atoms with E-state index in [0.29, 0.717) is 11.4 Å². The third-order valence-corrected chi connectivity index (χ3v) is 8.63. The highest BCUT2D eigenvalue weighted by molar-refractivity contribution is 7.89. The van der Waals surface area contributed by atoms with Crippen molar-refractivity contribution in [3.63, 3.8) is 0 Å². The van der Waals surface area contributed by atoms with Crippen LogP contribution in [0.3, 0.4) is 0 Å². The number of aliphatic hydroxyl groups is 1. The summed E-state index contributed by atoms with van der Waals surface area (Å²) in [6, 6.07) is 10.0. The van der Waals surface area contributed by atoms with E-state index in [1.54, 1.807) is 18.2 Å².